The van der Waals surface area contributed by atoms with Crippen LogP contribution in [0.3, 0.4) is 0 Å². The van der Waals surface area contributed by atoms with Gasteiger partial charge in [0.05, 0.1) is 17.2 Å². The first-order valence-corrected chi connectivity index (χ1v) is 6.89. The predicted molar refractivity (Wildman–Crippen MR) is 79.9 cm³/mol. The van der Waals surface area contributed by atoms with Gasteiger partial charge >= 0.3 is 0 Å². The van der Waals surface area contributed by atoms with Crippen LogP contribution in [0.4, 0.5) is 0 Å². The maximum absolute atomic E-state index is 10.3. The van der Waals surface area contributed by atoms with E-state index in [9.17, 15) is 10.2 Å². The molecule has 1 aliphatic carbocycles. The number of hydrogen-bond acceptors (Lipinski definition) is 3. The van der Waals surface area contributed by atoms with E-state index in [1.165, 1.54) is 25.3 Å². The molecule has 1 aromatic rings. The number of rotatable bonds is 3. The van der Waals surface area contributed by atoms with E-state index in [1.807, 2.05) is 0 Å². The Labute approximate surface area is 125 Å². The minimum atomic E-state index is -0.536. The molecule has 108 valence electrons. The normalized spacial score (nSPS) is 19.5. The number of phenols is 1. The second kappa shape index (κ2) is 7.34. The lowest BCUT2D eigenvalue weighted by molar-refractivity contribution is 0.0618. The fourth-order valence-electron chi connectivity index (χ4n) is 2.70. The molecule has 1 fully saturated rings. The molecule has 4 N–H and O–H groups in total. The van der Waals surface area contributed by atoms with Crippen molar-refractivity contribution in [1.29, 1.82) is 0 Å². The Hall–Kier alpha value is -0.480. The summed E-state index contributed by atoms with van der Waals surface area (Å²) >= 11 is 5.86. The Balaban J connectivity index is 0.00000180. The molecule has 5 heteroatoms. The smallest absolute Gasteiger partial charge is 0.134 e. The Kier molecular flexibility index (Phi) is 6.40. The van der Waals surface area contributed by atoms with E-state index >= 15 is 0 Å². The highest BCUT2D eigenvalue weighted by Gasteiger charge is 2.27. The molecule has 0 radical (unpaired) electrons. The van der Waals surface area contributed by atoms with Gasteiger partial charge in [0.2, 0.25) is 0 Å². The number of hydrogen-bond donors (Lipinski definition) is 3. The first-order valence-electron chi connectivity index (χ1n) is 6.51. The van der Waals surface area contributed by atoms with Gasteiger partial charge in [-0.1, -0.05) is 36.9 Å². The van der Waals surface area contributed by atoms with Crippen LogP contribution in [0.15, 0.2) is 18.2 Å². The fraction of sp³-hybridized carbons (Fsp3) is 0.571. The molecule has 0 heterocycles. The van der Waals surface area contributed by atoms with Crippen LogP contribution in [0.1, 0.15) is 43.7 Å². The highest BCUT2D eigenvalue weighted by molar-refractivity contribution is 6.32. The molecule has 2 atom stereocenters. The Bertz CT molecular complexity index is 408. The zero-order chi connectivity index (χ0) is 13.1. The van der Waals surface area contributed by atoms with E-state index in [0.717, 1.165) is 18.4 Å². The summed E-state index contributed by atoms with van der Waals surface area (Å²) < 4.78 is 0. The lowest BCUT2D eigenvalue weighted by Gasteiger charge is -2.30. The maximum Gasteiger partial charge on any atom is 0.134 e. The zero-order valence-corrected chi connectivity index (χ0v) is 12.3. The van der Waals surface area contributed by atoms with Crippen LogP contribution in [0.2, 0.25) is 5.02 Å². The van der Waals surface area contributed by atoms with Crippen LogP contribution >= 0.6 is 24.0 Å². The van der Waals surface area contributed by atoms with Crippen LogP contribution in [0, 0.1) is 5.92 Å². The van der Waals surface area contributed by atoms with E-state index in [0.29, 0.717) is 0 Å². The average Bonchev–Trinajstić information content (AvgIpc) is 2.41. The first-order chi connectivity index (χ1) is 8.59. The molecule has 1 saturated carbocycles. The first kappa shape index (κ1) is 16.6. The molecule has 0 unspecified atom stereocenters. The van der Waals surface area contributed by atoms with Crippen LogP contribution in [0.25, 0.3) is 0 Å². The number of aromatic hydroxyl groups is 1. The average molecular weight is 306 g/mol. The second-order valence-corrected chi connectivity index (χ2v) is 5.53. The van der Waals surface area contributed by atoms with Gasteiger partial charge in [0, 0.05) is 0 Å². The van der Waals surface area contributed by atoms with Gasteiger partial charge in [-0.15, -0.1) is 12.4 Å². The van der Waals surface area contributed by atoms with Crippen LogP contribution in [-0.4, -0.2) is 16.3 Å². The van der Waals surface area contributed by atoms with Crippen molar-refractivity contribution in [2.75, 3.05) is 0 Å². The van der Waals surface area contributed by atoms with Crippen molar-refractivity contribution in [3.05, 3.63) is 28.8 Å². The molecule has 1 aliphatic rings. The summed E-state index contributed by atoms with van der Waals surface area (Å²) in [7, 11) is 0. The Morgan fingerprint density at radius 2 is 1.84 bits per heavy atom. The monoisotopic (exact) mass is 305 g/mol. The maximum atomic E-state index is 10.3. The Morgan fingerprint density at radius 3 is 2.42 bits per heavy atom. The number of aliphatic hydroxyl groups is 1. The molecule has 0 spiro atoms. The minimum Gasteiger partial charge on any atom is -0.506 e. The molecule has 19 heavy (non-hydrogen) atoms. The van der Waals surface area contributed by atoms with E-state index in [1.54, 1.807) is 12.1 Å². The Morgan fingerprint density at radius 1 is 1.21 bits per heavy atom. The lowest BCUT2D eigenvalue weighted by atomic mass is 9.81. The molecule has 0 aromatic heterocycles. The van der Waals surface area contributed by atoms with Gasteiger partial charge in [0.15, 0.2) is 0 Å². The quantitative estimate of drug-likeness (QED) is 0.801. The van der Waals surface area contributed by atoms with Crippen LogP contribution in [-0.2, 0) is 0 Å². The second-order valence-electron chi connectivity index (χ2n) is 5.13. The molecule has 0 saturated heterocycles. The van der Waals surface area contributed by atoms with Crippen LogP contribution < -0.4 is 5.73 Å². The van der Waals surface area contributed by atoms with E-state index in [4.69, 9.17) is 17.3 Å². The molecule has 0 bridgehead atoms. The van der Waals surface area contributed by atoms with Gasteiger partial charge in [-0.3, -0.25) is 0 Å². The minimum absolute atomic E-state index is 0. The van der Waals surface area contributed by atoms with E-state index < -0.39 is 12.1 Å². The summed E-state index contributed by atoms with van der Waals surface area (Å²) in [6, 6.07) is 4.43. The summed E-state index contributed by atoms with van der Waals surface area (Å²) in [4.78, 5) is 0. The van der Waals surface area contributed by atoms with Crippen LogP contribution in [0.5, 0.6) is 5.75 Å². The van der Waals surface area contributed by atoms with Gasteiger partial charge in [-0.25, -0.2) is 0 Å². The number of benzene rings is 1. The van der Waals surface area contributed by atoms with Crippen molar-refractivity contribution >= 4 is 24.0 Å². The predicted octanol–water partition coefficient (Wildman–Crippen LogP) is 3.41. The molecule has 2 rings (SSSR count). The van der Waals surface area contributed by atoms with Crippen molar-refractivity contribution in [2.45, 2.75) is 44.2 Å². The molecule has 0 aliphatic heterocycles. The van der Waals surface area contributed by atoms with E-state index in [2.05, 4.69) is 0 Å². The third-order valence-corrected chi connectivity index (χ3v) is 4.16. The van der Waals surface area contributed by atoms with Gasteiger partial charge < -0.3 is 15.9 Å². The summed E-state index contributed by atoms with van der Waals surface area (Å²) in [6.07, 6.45) is 5.14. The standard InChI is InChI=1S/C14H20ClNO2.ClH/c15-11-8-10(6-7-12(11)17)13(16)14(18)9-4-2-1-3-5-9;/h6-9,13-14,17-18H,1-5,16H2;1H/t13-,14+;/m1./s1. The number of halogens is 2. The summed E-state index contributed by atoms with van der Waals surface area (Å²) in [6.45, 7) is 0. The van der Waals surface area contributed by atoms with Crippen molar-refractivity contribution in [1.82, 2.24) is 0 Å². The van der Waals surface area contributed by atoms with Crippen molar-refractivity contribution in [2.24, 2.45) is 11.7 Å². The third-order valence-electron chi connectivity index (χ3n) is 3.86. The molecular formula is C14H21Cl2NO2. The van der Waals surface area contributed by atoms with Crippen molar-refractivity contribution in [3.63, 3.8) is 0 Å². The van der Waals surface area contributed by atoms with E-state index in [-0.39, 0.29) is 29.1 Å². The highest BCUT2D eigenvalue weighted by atomic mass is 35.5. The van der Waals surface area contributed by atoms with Crippen molar-refractivity contribution in [3.8, 4) is 5.75 Å². The summed E-state index contributed by atoms with van der Waals surface area (Å²) in [5.41, 5.74) is 6.87. The number of phenolic OH excluding ortho intramolecular Hbond substituents is 1. The third kappa shape index (κ3) is 3.99. The van der Waals surface area contributed by atoms with Crippen molar-refractivity contribution < 1.29 is 10.2 Å². The lowest BCUT2D eigenvalue weighted by Crippen LogP contribution is -2.34. The summed E-state index contributed by atoms with van der Waals surface area (Å²) in [5.74, 6) is 0.320. The molecule has 1 aromatic carbocycles. The van der Waals surface area contributed by atoms with Gasteiger partial charge in [-0.05, 0) is 36.5 Å². The largest absolute Gasteiger partial charge is 0.506 e. The molecule has 3 nitrogen and oxygen atoms in total. The number of aliphatic hydroxyl groups excluding tert-OH is 1. The summed E-state index contributed by atoms with van der Waals surface area (Å²) in [5, 5.41) is 20.0. The highest BCUT2D eigenvalue weighted by Crippen LogP contribution is 2.33. The van der Waals surface area contributed by atoms with Gasteiger partial charge in [0.25, 0.3) is 0 Å². The number of nitrogens with two attached hydrogens (primary N) is 1. The SMILES string of the molecule is Cl.N[C@H](c1ccc(O)c(Cl)c1)[C@@H](O)C1CCCCC1. The fourth-order valence-corrected chi connectivity index (χ4v) is 2.89. The van der Waals surface area contributed by atoms with Gasteiger partial charge in [0.1, 0.15) is 5.75 Å². The zero-order valence-electron chi connectivity index (χ0n) is 10.8. The molecular weight excluding hydrogens is 285 g/mol. The topological polar surface area (TPSA) is 66.5 Å². The molecule has 0 amide bonds. The van der Waals surface area contributed by atoms with Gasteiger partial charge in [-0.2, -0.15) is 0 Å².